The zero-order chi connectivity index (χ0) is 17.8. The predicted molar refractivity (Wildman–Crippen MR) is 107 cm³/mol. The van der Waals surface area contributed by atoms with E-state index in [-0.39, 0.29) is 18.3 Å². The van der Waals surface area contributed by atoms with Crippen molar-refractivity contribution in [2.45, 2.75) is 33.7 Å². The van der Waals surface area contributed by atoms with Crippen LogP contribution in [0.15, 0.2) is 30.3 Å². The summed E-state index contributed by atoms with van der Waals surface area (Å²) in [4.78, 5) is 17.3. The maximum absolute atomic E-state index is 12.8. The van der Waals surface area contributed by atoms with E-state index in [1.807, 2.05) is 43.0 Å². The lowest BCUT2D eigenvalue weighted by atomic mass is 10.1. The van der Waals surface area contributed by atoms with Crippen molar-refractivity contribution in [3.05, 3.63) is 52.8 Å². The summed E-state index contributed by atoms with van der Waals surface area (Å²) in [6.45, 7) is 11.6. The number of hydrogen-bond acceptors (Lipinski definition) is 3. The van der Waals surface area contributed by atoms with Crippen LogP contribution in [0, 0.1) is 20.8 Å². The third kappa shape index (κ3) is 4.86. The van der Waals surface area contributed by atoms with Crippen LogP contribution in [0.3, 0.4) is 0 Å². The molecule has 1 aromatic carbocycles. The number of aryl methyl sites for hydroxylation is 3. The number of benzene rings is 1. The SMILES string of the molecule is Cc1cc(C)n(CCN2CCCN(C(=O)c3ccccc3C)CC2)n1.Cl. The van der Waals surface area contributed by atoms with Crippen molar-refractivity contribution in [3.8, 4) is 0 Å². The fraction of sp³-hybridized carbons (Fsp3) is 0.500. The summed E-state index contributed by atoms with van der Waals surface area (Å²) in [5.74, 6) is 0.165. The van der Waals surface area contributed by atoms with Crippen LogP contribution in [0.5, 0.6) is 0 Å². The number of aromatic nitrogens is 2. The van der Waals surface area contributed by atoms with Crippen molar-refractivity contribution >= 4 is 18.3 Å². The molecule has 0 aliphatic carbocycles. The summed E-state index contributed by atoms with van der Waals surface area (Å²) < 4.78 is 2.08. The molecule has 6 heteroatoms. The maximum atomic E-state index is 12.8. The Morgan fingerprint density at radius 2 is 1.81 bits per heavy atom. The van der Waals surface area contributed by atoms with Gasteiger partial charge < -0.3 is 4.90 Å². The Morgan fingerprint density at radius 3 is 2.50 bits per heavy atom. The minimum absolute atomic E-state index is 0. The van der Waals surface area contributed by atoms with Gasteiger partial charge >= 0.3 is 0 Å². The molecule has 5 nitrogen and oxygen atoms in total. The van der Waals surface area contributed by atoms with Gasteiger partial charge in [-0.05, 0) is 51.4 Å². The minimum Gasteiger partial charge on any atom is -0.337 e. The van der Waals surface area contributed by atoms with Gasteiger partial charge in [0, 0.05) is 37.4 Å². The molecule has 1 saturated heterocycles. The summed E-state index contributed by atoms with van der Waals surface area (Å²) in [5.41, 5.74) is 4.17. The van der Waals surface area contributed by atoms with Crippen molar-refractivity contribution in [2.75, 3.05) is 32.7 Å². The molecule has 0 saturated carbocycles. The van der Waals surface area contributed by atoms with Crippen molar-refractivity contribution < 1.29 is 4.79 Å². The van der Waals surface area contributed by atoms with Crippen LogP contribution < -0.4 is 0 Å². The molecule has 1 fully saturated rings. The number of rotatable bonds is 4. The molecule has 26 heavy (non-hydrogen) atoms. The van der Waals surface area contributed by atoms with Gasteiger partial charge in [0.1, 0.15) is 0 Å². The number of halogens is 1. The molecule has 1 amide bonds. The zero-order valence-corrected chi connectivity index (χ0v) is 16.8. The molecule has 0 N–H and O–H groups in total. The van der Waals surface area contributed by atoms with Crippen LogP contribution in [0.2, 0.25) is 0 Å². The van der Waals surface area contributed by atoms with E-state index < -0.39 is 0 Å². The number of nitrogens with zero attached hydrogens (tertiary/aromatic N) is 4. The maximum Gasteiger partial charge on any atom is 0.254 e. The molecule has 0 atom stereocenters. The van der Waals surface area contributed by atoms with E-state index >= 15 is 0 Å². The highest BCUT2D eigenvalue weighted by molar-refractivity contribution is 5.95. The molecule has 1 aromatic heterocycles. The molecule has 1 aliphatic rings. The Hall–Kier alpha value is -1.85. The van der Waals surface area contributed by atoms with Gasteiger partial charge in [-0.1, -0.05) is 18.2 Å². The number of carbonyl (C=O) groups excluding carboxylic acids is 1. The Kier molecular flexibility index (Phi) is 7.23. The monoisotopic (exact) mass is 376 g/mol. The zero-order valence-electron chi connectivity index (χ0n) is 15.9. The molecule has 2 heterocycles. The summed E-state index contributed by atoms with van der Waals surface area (Å²) >= 11 is 0. The molecule has 1 aliphatic heterocycles. The first kappa shape index (κ1) is 20.5. The first-order chi connectivity index (χ1) is 12.0. The summed E-state index contributed by atoms with van der Waals surface area (Å²) in [6, 6.07) is 9.98. The quantitative estimate of drug-likeness (QED) is 0.823. The molecule has 0 unspecified atom stereocenters. The standard InChI is InChI=1S/C20H28N4O.ClH/c1-16-7-4-5-8-19(16)20(25)23-10-6-9-22(11-13-23)12-14-24-18(3)15-17(2)21-24;/h4-5,7-8,15H,6,9-14H2,1-3H3;1H. The molecular formula is C20H29ClN4O. The number of hydrogen-bond donors (Lipinski definition) is 0. The summed E-state index contributed by atoms with van der Waals surface area (Å²) in [6.07, 6.45) is 1.02. The van der Waals surface area contributed by atoms with Crippen LogP contribution in [-0.2, 0) is 6.54 Å². The lowest BCUT2D eigenvalue weighted by Crippen LogP contribution is -2.36. The lowest BCUT2D eigenvalue weighted by Gasteiger charge is -2.22. The van der Waals surface area contributed by atoms with Gasteiger partial charge in [0.25, 0.3) is 5.91 Å². The smallest absolute Gasteiger partial charge is 0.254 e. The summed E-state index contributed by atoms with van der Waals surface area (Å²) in [7, 11) is 0. The van der Waals surface area contributed by atoms with E-state index in [0.29, 0.717) is 0 Å². The normalized spacial score (nSPS) is 15.4. The van der Waals surface area contributed by atoms with E-state index in [0.717, 1.165) is 62.5 Å². The van der Waals surface area contributed by atoms with Crippen LogP contribution in [-0.4, -0.2) is 58.2 Å². The van der Waals surface area contributed by atoms with E-state index in [2.05, 4.69) is 27.7 Å². The molecule has 0 bridgehead atoms. The first-order valence-electron chi connectivity index (χ1n) is 9.13. The number of carbonyl (C=O) groups is 1. The second kappa shape index (κ2) is 9.19. The Balaban J connectivity index is 0.00000243. The first-order valence-corrected chi connectivity index (χ1v) is 9.13. The average molecular weight is 377 g/mol. The van der Waals surface area contributed by atoms with Gasteiger partial charge in [-0.15, -0.1) is 12.4 Å². The van der Waals surface area contributed by atoms with Gasteiger partial charge in [0.2, 0.25) is 0 Å². The van der Waals surface area contributed by atoms with Crippen LogP contribution in [0.4, 0.5) is 0 Å². The van der Waals surface area contributed by atoms with E-state index in [9.17, 15) is 4.79 Å². The Bertz CT molecular complexity index is 743. The van der Waals surface area contributed by atoms with E-state index in [1.165, 1.54) is 5.69 Å². The van der Waals surface area contributed by atoms with Crippen LogP contribution in [0.1, 0.15) is 33.7 Å². The van der Waals surface area contributed by atoms with Gasteiger partial charge in [-0.3, -0.25) is 14.4 Å². The third-order valence-electron chi connectivity index (χ3n) is 4.98. The molecule has 0 radical (unpaired) electrons. The lowest BCUT2D eigenvalue weighted by molar-refractivity contribution is 0.0760. The molecular weight excluding hydrogens is 348 g/mol. The van der Waals surface area contributed by atoms with Gasteiger partial charge in [-0.25, -0.2) is 0 Å². The molecule has 3 rings (SSSR count). The second-order valence-corrected chi connectivity index (χ2v) is 6.95. The highest BCUT2D eigenvalue weighted by Crippen LogP contribution is 2.13. The Labute approximate surface area is 162 Å². The molecule has 142 valence electrons. The predicted octanol–water partition coefficient (Wildman–Crippen LogP) is 3.08. The van der Waals surface area contributed by atoms with E-state index in [1.54, 1.807) is 0 Å². The van der Waals surface area contributed by atoms with E-state index in [4.69, 9.17) is 0 Å². The number of amides is 1. The topological polar surface area (TPSA) is 41.4 Å². The van der Waals surface area contributed by atoms with Gasteiger partial charge in [0.15, 0.2) is 0 Å². The molecule has 2 aromatic rings. The van der Waals surface area contributed by atoms with Crippen LogP contribution in [0.25, 0.3) is 0 Å². The van der Waals surface area contributed by atoms with Crippen molar-refractivity contribution in [1.29, 1.82) is 0 Å². The highest BCUT2D eigenvalue weighted by atomic mass is 35.5. The van der Waals surface area contributed by atoms with Crippen molar-refractivity contribution in [3.63, 3.8) is 0 Å². The van der Waals surface area contributed by atoms with Crippen molar-refractivity contribution in [1.82, 2.24) is 19.6 Å². The fourth-order valence-electron chi connectivity index (χ4n) is 3.52. The average Bonchev–Trinajstić information content (AvgIpc) is 2.78. The summed E-state index contributed by atoms with van der Waals surface area (Å²) in [5, 5.41) is 4.54. The molecule has 0 spiro atoms. The largest absolute Gasteiger partial charge is 0.337 e. The third-order valence-corrected chi connectivity index (χ3v) is 4.98. The van der Waals surface area contributed by atoms with Crippen LogP contribution >= 0.6 is 12.4 Å². The van der Waals surface area contributed by atoms with Gasteiger partial charge in [-0.2, -0.15) is 5.10 Å². The highest BCUT2D eigenvalue weighted by Gasteiger charge is 2.21. The van der Waals surface area contributed by atoms with Gasteiger partial charge in [0.05, 0.1) is 12.2 Å². The van der Waals surface area contributed by atoms with Crippen molar-refractivity contribution in [2.24, 2.45) is 0 Å². The Morgan fingerprint density at radius 1 is 1.04 bits per heavy atom. The fourth-order valence-corrected chi connectivity index (χ4v) is 3.52. The minimum atomic E-state index is 0. The second-order valence-electron chi connectivity index (χ2n) is 6.95.